The van der Waals surface area contributed by atoms with Crippen molar-refractivity contribution in [3.05, 3.63) is 5.21 Å². The largest absolute Gasteiger partial charge is 0.785 e. The zero-order chi connectivity index (χ0) is 5.61. The molecule has 0 atom stereocenters. The molecule has 1 aliphatic heterocycles. The van der Waals surface area contributed by atoms with E-state index in [0.29, 0.717) is 5.41 Å². The van der Waals surface area contributed by atoms with Crippen LogP contribution in [-0.4, -0.2) is 18.2 Å². The van der Waals surface area contributed by atoms with E-state index in [1.165, 1.54) is 24.3 Å². The Morgan fingerprint density at radius 3 is 2.00 bits per heavy atom. The van der Waals surface area contributed by atoms with Crippen LogP contribution in [0.2, 0.25) is 0 Å². The third-order valence-corrected chi connectivity index (χ3v) is 2.44. The molecule has 2 aliphatic rings. The minimum absolute atomic E-state index is 0.530. The first kappa shape index (κ1) is 4.77. The van der Waals surface area contributed by atoms with Crippen LogP contribution < -0.4 is 0 Å². The first-order chi connectivity index (χ1) is 3.81. The predicted molar refractivity (Wildman–Crippen MR) is 31.2 cm³/mol. The smallest absolute Gasteiger partial charge is 0.00612 e. The van der Waals surface area contributed by atoms with Crippen molar-refractivity contribution in [2.45, 2.75) is 19.3 Å². The Kier molecular flexibility index (Phi) is 0.746. The lowest BCUT2D eigenvalue weighted by Gasteiger charge is -2.59. The summed E-state index contributed by atoms with van der Waals surface area (Å²) >= 11 is 0. The quantitative estimate of drug-likeness (QED) is 0.466. The highest BCUT2D eigenvalue weighted by molar-refractivity contribution is 5.00. The maximum absolute atomic E-state index is 10.4. The second kappa shape index (κ2) is 1.25. The van der Waals surface area contributed by atoms with Crippen molar-refractivity contribution < 1.29 is 0 Å². The molecule has 0 aromatic heterocycles. The predicted octanol–water partition coefficient (Wildman–Crippen LogP) is 0.970. The molecule has 1 aliphatic carbocycles. The van der Waals surface area contributed by atoms with Crippen molar-refractivity contribution in [3.8, 4) is 0 Å². The molecule has 0 aromatic rings. The van der Waals surface area contributed by atoms with Gasteiger partial charge in [0, 0.05) is 0 Å². The van der Waals surface area contributed by atoms with Crippen molar-refractivity contribution in [1.82, 2.24) is 5.06 Å². The van der Waals surface area contributed by atoms with E-state index in [9.17, 15) is 5.21 Å². The second-order valence-electron chi connectivity index (χ2n) is 3.15. The molecule has 1 saturated heterocycles. The van der Waals surface area contributed by atoms with Gasteiger partial charge in [0.1, 0.15) is 0 Å². The van der Waals surface area contributed by atoms with E-state index in [2.05, 4.69) is 0 Å². The Labute approximate surface area is 49.1 Å². The molecule has 2 fully saturated rings. The van der Waals surface area contributed by atoms with Gasteiger partial charge in [-0.05, 0) is 31.3 Å². The maximum atomic E-state index is 10.4. The molecule has 0 aromatic carbocycles. The van der Waals surface area contributed by atoms with Crippen LogP contribution in [0.1, 0.15) is 19.3 Å². The fourth-order valence-electron chi connectivity index (χ4n) is 1.69. The highest BCUT2D eigenvalue weighted by Crippen LogP contribution is 2.47. The van der Waals surface area contributed by atoms with Gasteiger partial charge in [-0.25, -0.2) is 0 Å². The lowest BCUT2D eigenvalue weighted by Crippen LogP contribution is -2.56. The summed E-state index contributed by atoms with van der Waals surface area (Å²) in [4.78, 5) is 0. The number of hydrogen-bond donors (Lipinski definition) is 0. The molecular weight excluding hydrogens is 102 g/mol. The van der Waals surface area contributed by atoms with Gasteiger partial charge in [-0.3, -0.25) is 0 Å². The van der Waals surface area contributed by atoms with Crippen LogP contribution in [0.3, 0.4) is 0 Å². The summed E-state index contributed by atoms with van der Waals surface area (Å²) in [6.07, 6.45) is 3.98. The summed E-state index contributed by atoms with van der Waals surface area (Å²) in [5, 5.41) is 11.6. The van der Waals surface area contributed by atoms with E-state index in [0.717, 1.165) is 13.1 Å². The minimum Gasteiger partial charge on any atom is -0.785 e. The van der Waals surface area contributed by atoms with Gasteiger partial charge in [0.25, 0.3) is 0 Å². The Bertz CT molecular complexity index is 101. The number of nitrogens with zero attached hydrogens (tertiary/aromatic N) is 1. The Morgan fingerprint density at radius 1 is 1.25 bits per heavy atom. The zero-order valence-corrected chi connectivity index (χ0v) is 4.89. The molecule has 46 valence electrons. The molecule has 1 spiro atoms. The lowest BCUT2D eigenvalue weighted by molar-refractivity contribution is -0.0303. The van der Waals surface area contributed by atoms with E-state index >= 15 is 0 Å². The highest BCUT2D eigenvalue weighted by Gasteiger charge is 2.43. The van der Waals surface area contributed by atoms with Crippen LogP contribution in [0.4, 0.5) is 0 Å². The molecule has 2 heteroatoms. The topological polar surface area (TPSA) is 26.3 Å². The van der Waals surface area contributed by atoms with Gasteiger partial charge in [-0.15, -0.1) is 0 Å². The molecular formula is C6H10NO-. The summed E-state index contributed by atoms with van der Waals surface area (Å²) in [5.41, 5.74) is 0.530. The van der Waals surface area contributed by atoms with Crippen molar-refractivity contribution in [2.24, 2.45) is 5.41 Å². The van der Waals surface area contributed by atoms with E-state index < -0.39 is 0 Å². The van der Waals surface area contributed by atoms with Crippen molar-refractivity contribution in [2.75, 3.05) is 13.1 Å². The second-order valence-corrected chi connectivity index (χ2v) is 3.15. The molecule has 8 heavy (non-hydrogen) atoms. The van der Waals surface area contributed by atoms with Gasteiger partial charge in [0.2, 0.25) is 0 Å². The molecule has 0 unspecified atom stereocenters. The van der Waals surface area contributed by atoms with Crippen LogP contribution >= 0.6 is 0 Å². The van der Waals surface area contributed by atoms with E-state index in [1.54, 1.807) is 0 Å². The van der Waals surface area contributed by atoms with Gasteiger partial charge >= 0.3 is 0 Å². The SMILES string of the molecule is [O-]N1CC2(CCC2)C1. The van der Waals surface area contributed by atoms with Crippen molar-refractivity contribution in [3.63, 3.8) is 0 Å². The van der Waals surface area contributed by atoms with Gasteiger partial charge in [-0.2, -0.15) is 0 Å². The van der Waals surface area contributed by atoms with Crippen molar-refractivity contribution >= 4 is 0 Å². The Morgan fingerprint density at radius 2 is 1.88 bits per heavy atom. The molecule has 0 amide bonds. The summed E-state index contributed by atoms with van der Waals surface area (Å²) in [5.74, 6) is 0. The van der Waals surface area contributed by atoms with Gasteiger partial charge < -0.3 is 10.3 Å². The minimum atomic E-state index is 0.530. The monoisotopic (exact) mass is 112 g/mol. The molecule has 2 rings (SSSR count). The molecule has 2 nitrogen and oxygen atoms in total. The fourth-order valence-corrected chi connectivity index (χ4v) is 1.69. The van der Waals surface area contributed by atoms with Crippen LogP contribution in [0, 0.1) is 10.6 Å². The van der Waals surface area contributed by atoms with E-state index in [4.69, 9.17) is 0 Å². The van der Waals surface area contributed by atoms with Gasteiger partial charge in [0.05, 0.1) is 0 Å². The van der Waals surface area contributed by atoms with Gasteiger partial charge in [0.15, 0.2) is 0 Å². The van der Waals surface area contributed by atoms with Crippen molar-refractivity contribution in [1.29, 1.82) is 0 Å². The zero-order valence-electron chi connectivity index (χ0n) is 4.89. The van der Waals surface area contributed by atoms with E-state index in [1.807, 2.05) is 0 Å². The average Bonchev–Trinajstić information content (AvgIpc) is 1.51. The lowest BCUT2D eigenvalue weighted by atomic mass is 9.64. The average molecular weight is 112 g/mol. The first-order valence-corrected chi connectivity index (χ1v) is 3.23. The van der Waals surface area contributed by atoms with E-state index in [-0.39, 0.29) is 0 Å². The summed E-state index contributed by atoms with van der Waals surface area (Å²) in [7, 11) is 0. The number of rotatable bonds is 0. The van der Waals surface area contributed by atoms with Gasteiger partial charge in [-0.1, -0.05) is 6.42 Å². The Balaban J connectivity index is 1.92. The molecule has 0 radical (unpaired) electrons. The van der Waals surface area contributed by atoms with Crippen LogP contribution in [0.15, 0.2) is 0 Å². The van der Waals surface area contributed by atoms with Crippen LogP contribution in [-0.2, 0) is 0 Å². The molecule has 0 bridgehead atoms. The number of hydrogen-bond acceptors (Lipinski definition) is 2. The summed E-state index contributed by atoms with van der Waals surface area (Å²) in [6, 6.07) is 0. The normalized spacial score (nSPS) is 34.1. The standard InChI is InChI=1S/C6H10NO/c8-7-4-6(5-7)2-1-3-6/h1-5H2/q-1. The fraction of sp³-hybridized carbons (Fsp3) is 1.00. The molecule has 1 heterocycles. The molecule has 1 saturated carbocycles. The third kappa shape index (κ3) is 0.446. The summed E-state index contributed by atoms with van der Waals surface area (Å²) in [6.45, 7) is 1.65. The summed E-state index contributed by atoms with van der Waals surface area (Å²) < 4.78 is 0. The number of hydroxylamine groups is 2. The molecule has 0 N–H and O–H groups in total. The highest BCUT2D eigenvalue weighted by atomic mass is 16.5. The Hall–Kier alpha value is -0.0800. The third-order valence-electron chi connectivity index (χ3n) is 2.44. The first-order valence-electron chi connectivity index (χ1n) is 3.23. The van der Waals surface area contributed by atoms with Crippen LogP contribution in [0.5, 0.6) is 0 Å². The maximum Gasteiger partial charge on any atom is -0.00612 e. The van der Waals surface area contributed by atoms with Crippen LogP contribution in [0.25, 0.3) is 0 Å².